The maximum absolute atomic E-state index is 13.4. The Labute approximate surface area is 148 Å². The van der Waals surface area contributed by atoms with Gasteiger partial charge in [0.2, 0.25) is 21.9 Å². The zero-order chi connectivity index (χ0) is 17.6. The van der Waals surface area contributed by atoms with Crippen LogP contribution in [0.15, 0.2) is 18.3 Å². The van der Waals surface area contributed by atoms with Crippen LogP contribution < -0.4 is 15.4 Å². The number of nitrogens with two attached hydrogens (primary N) is 1. The summed E-state index contributed by atoms with van der Waals surface area (Å²) in [5.74, 6) is -0.369. The number of anilines is 1. The maximum atomic E-state index is 13.4. The molecule has 0 bridgehead atoms. The van der Waals surface area contributed by atoms with Gasteiger partial charge in [-0.1, -0.05) is 11.3 Å². The Bertz CT molecular complexity index is 911. The number of fused-ring (bicyclic) bond motifs is 1. The lowest BCUT2D eigenvalue weighted by Crippen LogP contribution is -2.48. The zero-order valence-electron chi connectivity index (χ0n) is 14.1. The molecule has 1 aliphatic rings. The molecule has 0 aliphatic carbocycles. The van der Waals surface area contributed by atoms with Gasteiger partial charge in [0, 0.05) is 18.6 Å². The van der Waals surface area contributed by atoms with Crippen LogP contribution in [0.1, 0.15) is 19.8 Å². The normalized spacial score (nSPS) is 17.2. The van der Waals surface area contributed by atoms with E-state index in [0.29, 0.717) is 5.56 Å². The first-order valence-corrected chi connectivity index (χ1v) is 8.88. The number of imidazole rings is 1. The lowest BCUT2D eigenvalue weighted by molar-refractivity contribution is 0.363. The van der Waals surface area contributed by atoms with Gasteiger partial charge in [0.05, 0.1) is 24.6 Å². The Morgan fingerprint density at radius 2 is 2.08 bits per heavy atom. The Kier molecular flexibility index (Phi) is 3.84. The summed E-state index contributed by atoms with van der Waals surface area (Å²) >= 11 is 1.53. The minimum absolute atomic E-state index is 0.105. The molecule has 1 aliphatic heterocycles. The van der Waals surface area contributed by atoms with Crippen molar-refractivity contribution in [3.63, 3.8) is 0 Å². The average Bonchev–Trinajstić information content (AvgIpc) is 3.15. The van der Waals surface area contributed by atoms with Gasteiger partial charge in [-0.25, -0.2) is 9.50 Å². The van der Waals surface area contributed by atoms with Crippen LogP contribution in [0.5, 0.6) is 5.88 Å². The second-order valence-electron chi connectivity index (χ2n) is 6.55. The first kappa shape index (κ1) is 16.2. The molecule has 132 valence electrons. The SMILES string of the molecule is COc1nc(F)ccc1-c1cnc2sc(N3CCC(C)(N)CC3)nn12. The van der Waals surface area contributed by atoms with Crippen molar-refractivity contribution in [2.24, 2.45) is 5.73 Å². The number of rotatable bonds is 3. The summed E-state index contributed by atoms with van der Waals surface area (Å²) in [4.78, 5) is 11.2. The second-order valence-corrected chi connectivity index (χ2v) is 7.49. The van der Waals surface area contributed by atoms with E-state index in [4.69, 9.17) is 15.6 Å². The Balaban J connectivity index is 1.70. The van der Waals surface area contributed by atoms with Crippen molar-refractivity contribution in [2.45, 2.75) is 25.3 Å². The molecule has 0 aromatic carbocycles. The summed E-state index contributed by atoms with van der Waals surface area (Å²) in [6.45, 7) is 3.84. The molecule has 9 heteroatoms. The molecule has 3 aromatic rings. The number of nitrogens with zero attached hydrogens (tertiary/aromatic N) is 5. The first-order valence-electron chi connectivity index (χ1n) is 8.06. The van der Waals surface area contributed by atoms with E-state index in [2.05, 4.69) is 21.8 Å². The van der Waals surface area contributed by atoms with Gasteiger partial charge < -0.3 is 15.4 Å². The fourth-order valence-electron chi connectivity index (χ4n) is 2.97. The highest BCUT2D eigenvalue weighted by molar-refractivity contribution is 7.20. The van der Waals surface area contributed by atoms with Crippen molar-refractivity contribution in [1.29, 1.82) is 0 Å². The molecule has 4 rings (SSSR count). The van der Waals surface area contributed by atoms with Crippen LogP contribution in [0.3, 0.4) is 0 Å². The maximum Gasteiger partial charge on any atom is 0.225 e. The molecule has 4 heterocycles. The van der Waals surface area contributed by atoms with Crippen molar-refractivity contribution < 1.29 is 9.13 Å². The van der Waals surface area contributed by atoms with Gasteiger partial charge in [-0.3, -0.25) is 0 Å². The molecule has 0 spiro atoms. The second kappa shape index (κ2) is 5.92. The highest BCUT2D eigenvalue weighted by Crippen LogP contribution is 2.33. The number of piperidine rings is 1. The summed E-state index contributed by atoms with van der Waals surface area (Å²) in [7, 11) is 1.47. The van der Waals surface area contributed by atoms with E-state index in [9.17, 15) is 4.39 Å². The predicted octanol–water partition coefficient (Wildman–Crippen LogP) is 2.32. The minimum Gasteiger partial charge on any atom is -0.480 e. The number of methoxy groups -OCH3 is 1. The molecule has 7 nitrogen and oxygen atoms in total. The average molecular weight is 362 g/mol. The first-order chi connectivity index (χ1) is 12.0. The van der Waals surface area contributed by atoms with Gasteiger partial charge in [-0.15, -0.1) is 5.10 Å². The van der Waals surface area contributed by atoms with Gasteiger partial charge in [0.25, 0.3) is 0 Å². The fourth-order valence-corrected chi connectivity index (χ4v) is 3.90. The summed E-state index contributed by atoms with van der Waals surface area (Å²) < 4.78 is 20.3. The molecular weight excluding hydrogens is 343 g/mol. The number of halogens is 1. The number of ether oxygens (including phenoxy) is 1. The van der Waals surface area contributed by atoms with Crippen LogP contribution in [0.25, 0.3) is 16.2 Å². The minimum atomic E-state index is -0.585. The number of hydrogen-bond donors (Lipinski definition) is 1. The molecule has 0 unspecified atom stereocenters. The molecule has 0 amide bonds. The zero-order valence-corrected chi connectivity index (χ0v) is 14.9. The van der Waals surface area contributed by atoms with Crippen molar-refractivity contribution in [2.75, 3.05) is 25.1 Å². The Morgan fingerprint density at radius 3 is 2.80 bits per heavy atom. The highest BCUT2D eigenvalue weighted by atomic mass is 32.1. The van der Waals surface area contributed by atoms with Gasteiger partial charge in [-0.05, 0) is 31.9 Å². The summed E-state index contributed by atoms with van der Waals surface area (Å²) in [5, 5.41) is 5.61. The fraction of sp³-hybridized carbons (Fsp3) is 0.438. The molecule has 3 aromatic heterocycles. The van der Waals surface area contributed by atoms with E-state index in [0.717, 1.165) is 41.7 Å². The van der Waals surface area contributed by atoms with Gasteiger partial charge in [0.15, 0.2) is 0 Å². The molecule has 2 N–H and O–H groups in total. The van der Waals surface area contributed by atoms with Crippen LogP contribution in [0, 0.1) is 5.95 Å². The predicted molar refractivity (Wildman–Crippen MR) is 94.6 cm³/mol. The largest absolute Gasteiger partial charge is 0.480 e. The lowest BCUT2D eigenvalue weighted by atomic mass is 9.91. The Morgan fingerprint density at radius 1 is 1.32 bits per heavy atom. The van der Waals surface area contributed by atoms with Crippen molar-refractivity contribution >= 4 is 21.4 Å². The van der Waals surface area contributed by atoms with Crippen LogP contribution in [0.2, 0.25) is 0 Å². The summed E-state index contributed by atoms with van der Waals surface area (Å²) in [5.41, 5.74) is 7.48. The number of aromatic nitrogens is 4. The molecule has 1 saturated heterocycles. The van der Waals surface area contributed by atoms with E-state index in [-0.39, 0.29) is 11.4 Å². The van der Waals surface area contributed by atoms with Gasteiger partial charge >= 0.3 is 0 Å². The molecule has 0 radical (unpaired) electrons. The van der Waals surface area contributed by atoms with Crippen LogP contribution >= 0.6 is 11.3 Å². The summed E-state index contributed by atoms with van der Waals surface area (Å²) in [6.07, 6.45) is 3.56. The molecule has 25 heavy (non-hydrogen) atoms. The quantitative estimate of drug-likeness (QED) is 0.720. The monoisotopic (exact) mass is 362 g/mol. The third kappa shape index (κ3) is 2.93. The van der Waals surface area contributed by atoms with Gasteiger partial charge in [-0.2, -0.15) is 9.37 Å². The Hall–Kier alpha value is -2.26. The molecule has 0 atom stereocenters. The van der Waals surface area contributed by atoms with Crippen LogP contribution in [0.4, 0.5) is 9.52 Å². The van der Waals surface area contributed by atoms with Crippen LogP contribution in [-0.2, 0) is 0 Å². The standard InChI is InChI=1S/C16H19FN6OS/c1-16(18)5-7-22(8-6-16)15-21-23-11(9-19-14(23)25-15)10-3-4-12(17)20-13(10)24-2/h3-4,9H,5-8,18H2,1-2H3. The molecule has 1 fully saturated rings. The van der Waals surface area contributed by atoms with E-state index in [1.165, 1.54) is 24.5 Å². The topological polar surface area (TPSA) is 81.6 Å². The van der Waals surface area contributed by atoms with Crippen molar-refractivity contribution in [3.8, 4) is 17.1 Å². The smallest absolute Gasteiger partial charge is 0.225 e. The van der Waals surface area contributed by atoms with Gasteiger partial charge in [0.1, 0.15) is 0 Å². The van der Waals surface area contributed by atoms with Crippen molar-refractivity contribution in [1.82, 2.24) is 19.6 Å². The van der Waals surface area contributed by atoms with E-state index in [1.807, 2.05) is 0 Å². The van der Waals surface area contributed by atoms with E-state index >= 15 is 0 Å². The summed E-state index contributed by atoms with van der Waals surface area (Å²) in [6, 6.07) is 2.93. The number of hydrogen-bond acceptors (Lipinski definition) is 7. The van der Waals surface area contributed by atoms with E-state index < -0.39 is 5.95 Å². The highest BCUT2D eigenvalue weighted by Gasteiger charge is 2.28. The van der Waals surface area contributed by atoms with Crippen LogP contribution in [-0.4, -0.2) is 45.3 Å². The molecule has 0 saturated carbocycles. The molecular formula is C16H19FN6OS. The van der Waals surface area contributed by atoms with E-state index in [1.54, 1.807) is 16.8 Å². The number of pyridine rings is 1. The van der Waals surface area contributed by atoms with Crippen molar-refractivity contribution in [3.05, 3.63) is 24.3 Å². The lowest BCUT2D eigenvalue weighted by Gasteiger charge is -2.36. The third-order valence-electron chi connectivity index (χ3n) is 4.55. The third-order valence-corrected chi connectivity index (χ3v) is 5.53.